The normalized spacial score (nSPS) is 11.3. The molecule has 6 heteroatoms. The Balaban J connectivity index is 1.50. The van der Waals surface area contributed by atoms with Crippen molar-refractivity contribution in [2.24, 2.45) is 0 Å². The van der Waals surface area contributed by atoms with Crippen LogP contribution < -0.4 is 15.2 Å². The smallest absolute Gasteiger partial charge is 0.240 e. The maximum absolute atomic E-state index is 12.3. The molecule has 140 valence electrons. The molecule has 0 unspecified atom stereocenters. The number of anilines is 1. The van der Waals surface area contributed by atoms with Gasteiger partial charge >= 0.3 is 0 Å². The SMILES string of the molecule is Nc1ccc(S(=O)(=O)NCc2ccc(OCCc3ccccc3)cc2)cc1. The number of nitrogens with one attached hydrogen (secondary N) is 1. The van der Waals surface area contributed by atoms with Gasteiger partial charge in [-0.1, -0.05) is 42.5 Å². The lowest BCUT2D eigenvalue weighted by molar-refractivity contribution is 0.322. The molecule has 0 amide bonds. The van der Waals surface area contributed by atoms with E-state index in [4.69, 9.17) is 10.5 Å². The average Bonchev–Trinajstić information content (AvgIpc) is 2.69. The van der Waals surface area contributed by atoms with Crippen molar-refractivity contribution < 1.29 is 13.2 Å². The molecule has 0 fully saturated rings. The minimum Gasteiger partial charge on any atom is -0.493 e. The van der Waals surface area contributed by atoms with Gasteiger partial charge in [0.25, 0.3) is 0 Å². The molecule has 0 aliphatic heterocycles. The Bertz CT molecular complexity index is 955. The van der Waals surface area contributed by atoms with E-state index in [9.17, 15) is 8.42 Å². The number of nitrogen functional groups attached to an aromatic ring is 1. The van der Waals surface area contributed by atoms with Gasteiger partial charge in [-0.05, 0) is 47.5 Å². The molecule has 3 N–H and O–H groups in total. The number of nitrogens with two attached hydrogens (primary N) is 1. The monoisotopic (exact) mass is 382 g/mol. The zero-order valence-corrected chi connectivity index (χ0v) is 15.7. The third-order valence-corrected chi connectivity index (χ3v) is 5.50. The van der Waals surface area contributed by atoms with E-state index in [0.717, 1.165) is 17.7 Å². The zero-order chi connectivity index (χ0) is 19.1. The number of sulfonamides is 1. The van der Waals surface area contributed by atoms with Crippen LogP contribution in [0.25, 0.3) is 0 Å². The maximum atomic E-state index is 12.3. The van der Waals surface area contributed by atoms with E-state index >= 15 is 0 Å². The number of hydrogen-bond acceptors (Lipinski definition) is 4. The van der Waals surface area contributed by atoms with Crippen molar-refractivity contribution in [3.63, 3.8) is 0 Å². The molecule has 0 spiro atoms. The highest BCUT2D eigenvalue weighted by atomic mass is 32.2. The summed E-state index contributed by atoms with van der Waals surface area (Å²) in [5.74, 6) is 0.760. The van der Waals surface area contributed by atoms with E-state index in [2.05, 4.69) is 16.9 Å². The maximum Gasteiger partial charge on any atom is 0.240 e. The minimum atomic E-state index is -3.57. The quantitative estimate of drug-likeness (QED) is 0.585. The van der Waals surface area contributed by atoms with Gasteiger partial charge in [-0.3, -0.25) is 0 Å². The van der Waals surface area contributed by atoms with E-state index < -0.39 is 10.0 Å². The van der Waals surface area contributed by atoms with Crippen LogP contribution in [0.5, 0.6) is 5.75 Å². The first-order valence-corrected chi connectivity index (χ1v) is 10.1. The van der Waals surface area contributed by atoms with Crippen molar-refractivity contribution in [3.05, 3.63) is 90.0 Å². The largest absolute Gasteiger partial charge is 0.493 e. The molecule has 0 saturated carbocycles. The van der Waals surface area contributed by atoms with E-state index in [1.165, 1.54) is 17.7 Å². The third kappa shape index (κ3) is 5.57. The fourth-order valence-corrected chi connectivity index (χ4v) is 3.56. The van der Waals surface area contributed by atoms with Gasteiger partial charge in [0, 0.05) is 18.7 Å². The summed E-state index contributed by atoms with van der Waals surface area (Å²) in [6.07, 6.45) is 0.837. The van der Waals surface area contributed by atoms with E-state index in [-0.39, 0.29) is 11.4 Å². The van der Waals surface area contributed by atoms with E-state index in [1.807, 2.05) is 42.5 Å². The van der Waals surface area contributed by atoms with Gasteiger partial charge < -0.3 is 10.5 Å². The second kappa shape index (κ2) is 8.70. The second-order valence-corrected chi connectivity index (χ2v) is 7.89. The Hall–Kier alpha value is -2.83. The van der Waals surface area contributed by atoms with E-state index in [1.54, 1.807) is 12.1 Å². The Kier molecular flexibility index (Phi) is 6.11. The molecule has 0 atom stereocenters. The molecule has 27 heavy (non-hydrogen) atoms. The molecule has 3 aromatic carbocycles. The summed E-state index contributed by atoms with van der Waals surface area (Å²) >= 11 is 0. The lowest BCUT2D eigenvalue weighted by Crippen LogP contribution is -2.23. The van der Waals surface area contributed by atoms with Crippen LogP contribution in [-0.4, -0.2) is 15.0 Å². The van der Waals surface area contributed by atoms with Crippen molar-refractivity contribution in [1.82, 2.24) is 4.72 Å². The first-order chi connectivity index (χ1) is 13.0. The summed E-state index contributed by atoms with van der Waals surface area (Å²) in [7, 11) is -3.57. The predicted molar refractivity (Wildman–Crippen MR) is 107 cm³/mol. The topological polar surface area (TPSA) is 81.4 Å². The third-order valence-electron chi connectivity index (χ3n) is 4.08. The molecule has 5 nitrogen and oxygen atoms in total. The van der Waals surface area contributed by atoms with Crippen LogP contribution in [0.1, 0.15) is 11.1 Å². The number of hydrogen-bond donors (Lipinski definition) is 2. The van der Waals surface area contributed by atoms with Crippen molar-refractivity contribution in [2.75, 3.05) is 12.3 Å². The molecule has 0 heterocycles. The first-order valence-electron chi connectivity index (χ1n) is 8.64. The van der Waals surface area contributed by atoms with Crippen LogP contribution in [0.15, 0.2) is 83.8 Å². The zero-order valence-electron chi connectivity index (χ0n) is 14.8. The van der Waals surface area contributed by atoms with Crippen molar-refractivity contribution in [1.29, 1.82) is 0 Å². The molecule has 0 bridgehead atoms. The van der Waals surface area contributed by atoms with Gasteiger partial charge in [0.1, 0.15) is 5.75 Å². The van der Waals surface area contributed by atoms with Crippen LogP contribution in [0.4, 0.5) is 5.69 Å². The van der Waals surface area contributed by atoms with Crippen LogP contribution in [0.3, 0.4) is 0 Å². The summed E-state index contributed by atoms with van der Waals surface area (Å²) < 4.78 is 32.9. The molecule has 3 aromatic rings. The lowest BCUT2D eigenvalue weighted by atomic mass is 10.2. The van der Waals surface area contributed by atoms with Gasteiger partial charge in [0.15, 0.2) is 0 Å². The molecule has 3 rings (SSSR count). The van der Waals surface area contributed by atoms with Gasteiger partial charge in [0.05, 0.1) is 11.5 Å². The summed E-state index contributed by atoms with van der Waals surface area (Å²) in [5, 5.41) is 0. The average molecular weight is 382 g/mol. The molecule has 0 aliphatic rings. The van der Waals surface area contributed by atoms with E-state index in [0.29, 0.717) is 12.3 Å². The van der Waals surface area contributed by atoms with Crippen LogP contribution >= 0.6 is 0 Å². The molecular formula is C21H22N2O3S. The number of ether oxygens (including phenoxy) is 1. The standard InChI is InChI=1S/C21H22N2O3S/c22-19-8-12-21(13-9-19)27(24,25)23-16-18-6-10-20(11-7-18)26-15-14-17-4-2-1-3-5-17/h1-13,23H,14-16,22H2. The van der Waals surface area contributed by atoms with Crippen LogP contribution in [0, 0.1) is 0 Å². The Morgan fingerprint density at radius 1 is 0.815 bits per heavy atom. The highest BCUT2D eigenvalue weighted by molar-refractivity contribution is 7.89. The van der Waals surface area contributed by atoms with Crippen LogP contribution in [0.2, 0.25) is 0 Å². The van der Waals surface area contributed by atoms with Crippen LogP contribution in [-0.2, 0) is 23.0 Å². The molecule has 0 aromatic heterocycles. The summed E-state index contributed by atoms with van der Waals surface area (Å²) in [6.45, 7) is 0.796. The fourth-order valence-electron chi connectivity index (χ4n) is 2.54. The van der Waals surface area contributed by atoms with Gasteiger partial charge in [-0.15, -0.1) is 0 Å². The van der Waals surface area contributed by atoms with Crippen molar-refractivity contribution in [2.45, 2.75) is 17.9 Å². The van der Waals surface area contributed by atoms with Gasteiger partial charge in [0.2, 0.25) is 10.0 Å². The predicted octanol–water partition coefficient (Wildman–Crippen LogP) is 3.37. The Morgan fingerprint density at radius 3 is 2.15 bits per heavy atom. The van der Waals surface area contributed by atoms with Crippen molar-refractivity contribution in [3.8, 4) is 5.75 Å². The second-order valence-electron chi connectivity index (χ2n) is 6.12. The first kappa shape index (κ1) is 18.9. The minimum absolute atomic E-state index is 0.192. The number of benzene rings is 3. The number of rotatable bonds is 8. The summed E-state index contributed by atoms with van der Waals surface area (Å²) in [6, 6.07) is 23.6. The summed E-state index contributed by atoms with van der Waals surface area (Å²) in [4.78, 5) is 0.192. The molecular weight excluding hydrogens is 360 g/mol. The lowest BCUT2D eigenvalue weighted by Gasteiger charge is -2.09. The fraction of sp³-hybridized carbons (Fsp3) is 0.143. The Labute approximate surface area is 159 Å². The highest BCUT2D eigenvalue weighted by Gasteiger charge is 2.13. The Morgan fingerprint density at radius 2 is 1.48 bits per heavy atom. The van der Waals surface area contributed by atoms with Crippen molar-refractivity contribution >= 4 is 15.7 Å². The summed E-state index contributed by atoms with van der Waals surface area (Å²) in [5.41, 5.74) is 8.19. The highest BCUT2D eigenvalue weighted by Crippen LogP contribution is 2.15. The van der Waals surface area contributed by atoms with Gasteiger partial charge in [-0.2, -0.15) is 0 Å². The molecule has 0 aliphatic carbocycles. The molecule has 0 saturated heterocycles. The molecule has 0 radical (unpaired) electrons. The van der Waals surface area contributed by atoms with Gasteiger partial charge in [-0.25, -0.2) is 13.1 Å².